The van der Waals surface area contributed by atoms with Gasteiger partial charge in [0.15, 0.2) is 0 Å². The number of hydrogen-bond acceptors (Lipinski definition) is 2. The summed E-state index contributed by atoms with van der Waals surface area (Å²) in [6.45, 7) is 6.07. The molecule has 1 heterocycles. The molecule has 80 valence electrons. The number of rotatable bonds is 2. The average molecular weight is 303 g/mol. The first kappa shape index (κ1) is 12.0. The van der Waals surface area contributed by atoms with Gasteiger partial charge in [0.1, 0.15) is 0 Å². The molecule has 0 saturated heterocycles. The summed E-state index contributed by atoms with van der Waals surface area (Å²) in [4.78, 5) is 6.98. The zero-order valence-corrected chi connectivity index (χ0v) is 12.8. The SMILES string of the molecule is CC(C)(C)Oc1cc[c]([Sn]([CH3])([CH3])[CH3])o1. The van der Waals surface area contributed by atoms with Crippen LogP contribution in [-0.2, 0) is 0 Å². The van der Waals surface area contributed by atoms with E-state index in [1.807, 2.05) is 26.8 Å². The second-order valence-electron chi connectivity index (χ2n) is 5.58. The van der Waals surface area contributed by atoms with Crippen LogP contribution >= 0.6 is 0 Å². The molecular weight excluding hydrogens is 283 g/mol. The van der Waals surface area contributed by atoms with Gasteiger partial charge >= 0.3 is 90.6 Å². The molecule has 0 aromatic carbocycles. The molecule has 0 unspecified atom stereocenters. The minimum absolute atomic E-state index is 0.178. The normalized spacial score (nSPS) is 13.0. The molecule has 0 aliphatic carbocycles. The Labute approximate surface area is 90.5 Å². The van der Waals surface area contributed by atoms with Gasteiger partial charge in [-0.3, -0.25) is 0 Å². The van der Waals surface area contributed by atoms with Gasteiger partial charge in [0.05, 0.1) is 0 Å². The van der Waals surface area contributed by atoms with Crippen molar-refractivity contribution in [2.75, 3.05) is 0 Å². The van der Waals surface area contributed by atoms with Gasteiger partial charge in [-0.1, -0.05) is 0 Å². The Hall–Kier alpha value is -0.121. The summed E-state index contributed by atoms with van der Waals surface area (Å²) < 4.78 is 12.5. The third-order valence-electron chi connectivity index (χ3n) is 1.73. The minimum atomic E-state index is -2.04. The van der Waals surface area contributed by atoms with Crippen LogP contribution in [0.2, 0.25) is 14.8 Å². The first-order chi connectivity index (χ1) is 6.18. The molecule has 0 fully saturated rings. The molecule has 0 amide bonds. The summed E-state index contributed by atoms with van der Waals surface area (Å²) in [5, 5.41) is 0. The summed E-state index contributed by atoms with van der Waals surface area (Å²) in [7, 11) is 0. The van der Waals surface area contributed by atoms with Crippen LogP contribution in [-0.4, -0.2) is 24.0 Å². The van der Waals surface area contributed by atoms with Crippen LogP contribution in [0.3, 0.4) is 0 Å². The van der Waals surface area contributed by atoms with E-state index < -0.39 is 18.4 Å². The van der Waals surface area contributed by atoms with Crippen LogP contribution in [0.4, 0.5) is 0 Å². The molecule has 14 heavy (non-hydrogen) atoms. The Bertz CT molecular complexity index is 302. The summed E-state index contributed by atoms with van der Waals surface area (Å²) >= 11 is -2.04. The fraction of sp³-hybridized carbons (Fsp3) is 0.636. The first-order valence-electron chi connectivity index (χ1n) is 4.98. The van der Waals surface area contributed by atoms with E-state index in [1.165, 1.54) is 3.78 Å². The van der Waals surface area contributed by atoms with Crippen molar-refractivity contribution in [1.29, 1.82) is 0 Å². The van der Waals surface area contributed by atoms with E-state index in [0.29, 0.717) is 5.95 Å². The van der Waals surface area contributed by atoms with Gasteiger partial charge in [-0.25, -0.2) is 0 Å². The molecule has 0 aliphatic heterocycles. The summed E-state index contributed by atoms with van der Waals surface area (Å²) in [5.74, 6) is 0.652. The average Bonchev–Trinajstić information content (AvgIpc) is 2.29. The van der Waals surface area contributed by atoms with Crippen LogP contribution in [0.5, 0.6) is 5.95 Å². The fourth-order valence-corrected chi connectivity index (χ4v) is 3.91. The number of ether oxygens (including phenoxy) is 1. The maximum atomic E-state index is 5.70. The van der Waals surface area contributed by atoms with Gasteiger partial charge < -0.3 is 0 Å². The summed E-state index contributed by atoms with van der Waals surface area (Å²) in [6, 6.07) is 4.00. The van der Waals surface area contributed by atoms with Crippen LogP contribution in [0, 0.1) is 0 Å². The molecule has 0 spiro atoms. The van der Waals surface area contributed by atoms with E-state index in [-0.39, 0.29) is 5.60 Å². The maximum absolute atomic E-state index is 5.70. The standard InChI is InChI=1S/C8H11O2.3CH3.Sn/c1-8(2,3)10-7-5-4-6-9-7;;;;/h4-5H,1-3H3;3*1H3;. The summed E-state index contributed by atoms with van der Waals surface area (Å²) in [6.07, 6.45) is 0. The molecule has 2 nitrogen and oxygen atoms in total. The third-order valence-corrected chi connectivity index (χ3v) is 6.71. The van der Waals surface area contributed by atoms with Crippen molar-refractivity contribution in [3.8, 4) is 5.95 Å². The van der Waals surface area contributed by atoms with Gasteiger partial charge in [-0.15, -0.1) is 0 Å². The van der Waals surface area contributed by atoms with Gasteiger partial charge in [-0.2, -0.15) is 0 Å². The van der Waals surface area contributed by atoms with Crippen LogP contribution in [0.25, 0.3) is 0 Å². The third kappa shape index (κ3) is 3.56. The van der Waals surface area contributed by atoms with Crippen molar-refractivity contribution in [1.82, 2.24) is 0 Å². The molecule has 1 aromatic heterocycles. The molecule has 0 saturated carbocycles. The second-order valence-corrected chi connectivity index (χ2v) is 19.8. The Morgan fingerprint density at radius 2 is 1.71 bits per heavy atom. The van der Waals surface area contributed by atoms with Gasteiger partial charge in [0.25, 0.3) is 0 Å². The van der Waals surface area contributed by atoms with Crippen LogP contribution in [0.1, 0.15) is 20.8 Å². The Balaban J connectivity index is 2.79. The zero-order chi connectivity index (χ0) is 11.0. The molecule has 3 heteroatoms. The predicted octanol–water partition coefficient (Wildman–Crippen LogP) is 3.00. The van der Waals surface area contributed by atoms with Crippen molar-refractivity contribution in [3.05, 3.63) is 12.1 Å². The molecule has 0 atom stereocenters. The Morgan fingerprint density at radius 3 is 2.07 bits per heavy atom. The molecule has 0 N–H and O–H groups in total. The quantitative estimate of drug-likeness (QED) is 0.784. The van der Waals surface area contributed by atoms with Gasteiger partial charge in [0.2, 0.25) is 0 Å². The van der Waals surface area contributed by atoms with E-state index >= 15 is 0 Å². The van der Waals surface area contributed by atoms with Crippen molar-refractivity contribution < 1.29 is 9.15 Å². The molecule has 1 aromatic rings. The van der Waals surface area contributed by atoms with Gasteiger partial charge in [-0.05, 0) is 0 Å². The molecule has 1 rings (SSSR count). The Kier molecular flexibility index (Phi) is 3.24. The van der Waals surface area contributed by atoms with Crippen LogP contribution < -0.4 is 8.51 Å². The molecule has 0 radical (unpaired) electrons. The van der Waals surface area contributed by atoms with E-state index in [2.05, 4.69) is 20.9 Å². The predicted molar refractivity (Wildman–Crippen MR) is 62.1 cm³/mol. The monoisotopic (exact) mass is 304 g/mol. The van der Waals surface area contributed by atoms with E-state index in [4.69, 9.17) is 9.15 Å². The van der Waals surface area contributed by atoms with E-state index in [1.54, 1.807) is 0 Å². The van der Waals surface area contributed by atoms with E-state index in [0.717, 1.165) is 0 Å². The fourth-order valence-electron chi connectivity index (χ4n) is 1.08. The topological polar surface area (TPSA) is 22.4 Å². The first-order valence-corrected chi connectivity index (χ1v) is 15.0. The van der Waals surface area contributed by atoms with Gasteiger partial charge in [0, 0.05) is 0 Å². The zero-order valence-electron chi connectivity index (χ0n) is 9.97. The van der Waals surface area contributed by atoms with Crippen molar-refractivity contribution in [3.63, 3.8) is 0 Å². The summed E-state index contributed by atoms with van der Waals surface area (Å²) in [5.41, 5.74) is -0.178. The Morgan fingerprint density at radius 1 is 1.14 bits per heavy atom. The van der Waals surface area contributed by atoms with Crippen LogP contribution in [0.15, 0.2) is 16.5 Å². The number of hydrogen-bond donors (Lipinski definition) is 0. The molecule has 0 aliphatic rings. The molecule has 0 bridgehead atoms. The van der Waals surface area contributed by atoms with E-state index in [9.17, 15) is 0 Å². The molecular formula is C11H20O2Sn. The number of furan rings is 1. The second kappa shape index (κ2) is 3.80. The van der Waals surface area contributed by atoms with Crippen molar-refractivity contribution in [2.45, 2.75) is 41.2 Å². The van der Waals surface area contributed by atoms with Crippen molar-refractivity contribution in [2.24, 2.45) is 0 Å². The van der Waals surface area contributed by atoms with Crippen molar-refractivity contribution >= 4 is 22.2 Å².